The highest BCUT2D eigenvalue weighted by molar-refractivity contribution is 6.31. The lowest BCUT2D eigenvalue weighted by molar-refractivity contribution is -0.116. The fraction of sp³-hybridized carbons (Fsp3) is 0.300. The van der Waals surface area contributed by atoms with E-state index in [2.05, 4.69) is 10.6 Å². The van der Waals surface area contributed by atoms with E-state index in [1.165, 1.54) is 0 Å². The summed E-state index contributed by atoms with van der Waals surface area (Å²) in [7, 11) is 0. The molecule has 0 saturated carbocycles. The predicted octanol–water partition coefficient (Wildman–Crippen LogP) is 2.48. The normalized spacial score (nSPS) is 20.4. The van der Waals surface area contributed by atoms with Crippen LogP contribution in [0.15, 0.2) is 18.2 Å². The highest BCUT2D eigenvalue weighted by atomic mass is 35.5. The summed E-state index contributed by atoms with van der Waals surface area (Å²) in [6.45, 7) is 1.98. The second-order valence-electron chi connectivity index (χ2n) is 3.49. The topological polar surface area (TPSA) is 41.1 Å². The number of anilines is 2. The Morgan fingerprint density at radius 1 is 1.43 bits per heavy atom. The predicted molar refractivity (Wildman–Crippen MR) is 57.8 cm³/mol. The van der Waals surface area contributed by atoms with Gasteiger partial charge in [0.2, 0.25) is 5.91 Å². The molecule has 74 valence electrons. The van der Waals surface area contributed by atoms with Crippen molar-refractivity contribution in [2.24, 2.45) is 0 Å². The van der Waals surface area contributed by atoms with Crippen molar-refractivity contribution in [3.05, 3.63) is 23.2 Å². The molecule has 0 fully saturated rings. The smallest absolute Gasteiger partial charge is 0.226 e. The van der Waals surface area contributed by atoms with Crippen molar-refractivity contribution in [1.82, 2.24) is 0 Å². The van der Waals surface area contributed by atoms with Crippen molar-refractivity contribution in [3.63, 3.8) is 0 Å². The number of nitrogens with one attached hydrogen (secondary N) is 2. The van der Waals surface area contributed by atoms with Gasteiger partial charge in [-0.2, -0.15) is 0 Å². The fourth-order valence-corrected chi connectivity index (χ4v) is 1.71. The van der Waals surface area contributed by atoms with Crippen LogP contribution in [-0.4, -0.2) is 11.9 Å². The van der Waals surface area contributed by atoms with Gasteiger partial charge in [0.1, 0.15) is 0 Å². The summed E-state index contributed by atoms with van der Waals surface area (Å²) in [4.78, 5) is 11.4. The first-order chi connectivity index (χ1) is 6.65. The summed E-state index contributed by atoms with van der Waals surface area (Å²) in [5.74, 6) is 0.0195. The van der Waals surface area contributed by atoms with Crippen LogP contribution in [0.4, 0.5) is 11.4 Å². The van der Waals surface area contributed by atoms with Crippen LogP contribution in [0.2, 0.25) is 5.02 Å². The van der Waals surface area contributed by atoms with Gasteiger partial charge in [-0.3, -0.25) is 4.79 Å². The van der Waals surface area contributed by atoms with E-state index in [-0.39, 0.29) is 11.9 Å². The van der Waals surface area contributed by atoms with Crippen molar-refractivity contribution >= 4 is 28.9 Å². The van der Waals surface area contributed by atoms with Gasteiger partial charge in [0, 0.05) is 17.5 Å². The average molecular weight is 211 g/mol. The van der Waals surface area contributed by atoms with Crippen LogP contribution in [-0.2, 0) is 4.79 Å². The van der Waals surface area contributed by atoms with Crippen LogP contribution >= 0.6 is 11.6 Å². The zero-order valence-electron chi connectivity index (χ0n) is 7.80. The molecule has 3 nitrogen and oxygen atoms in total. The number of carbonyl (C=O) groups excluding carboxylic acids is 1. The number of carbonyl (C=O) groups is 1. The maximum Gasteiger partial charge on any atom is 0.226 e. The van der Waals surface area contributed by atoms with E-state index < -0.39 is 0 Å². The molecule has 1 amide bonds. The van der Waals surface area contributed by atoms with E-state index in [4.69, 9.17) is 11.6 Å². The fourth-order valence-electron chi connectivity index (χ4n) is 1.54. The minimum atomic E-state index is 0.0195. The number of hydrogen-bond acceptors (Lipinski definition) is 2. The van der Waals surface area contributed by atoms with Crippen molar-refractivity contribution in [2.45, 2.75) is 19.4 Å². The lowest BCUT2D eigenvalue weighted by Crippen LogP contribution is -2.18. The summed E-state index contributed by atoms with van der Waals surface area (Å²) in [6, 6.07) is 5.58. The maximum atomic E-state index is 11.4. The summed E-state index contributed by atoms with van der Waals surface area (Å²) >= 11 is 5.83. The number of rotatable bonds is 0. The minimum Gasteiger partial charge on any atom is -0.380 e. The molecular weight excluding hydrogens is 200 g/mol. The first-order valence-corrected chi connectivity index (χ1v) is 4.89. The SMILES string of the molecule is CC1CC(=O)Nc2cc(Cl)ccc2N1. The van der Waals surface area contributed by atoms with Crippen molar-refractivity contribution < 1.29 is 4.79 Å². The van der Waals surface area contributed by atoms with Gasteiger partial charge in [-0.25, -0.2) is 0 Å². The average Bonchev–Trinajstić information content (AvgIpc) is 2.21. The van der Waals surface area contributed by atoms with Gasteiger partial charge in [0.25, 0.3) is 0 Å². The van der Waals surface area contributed by atoms with E-state index in [1.807, 2.05) is 13.0 Å². The Morgan fingerprint density at radius 2 is 2.21 bits per heavy atom. The molecule has 0 spiro atoms. The molecule has 1 atom stereocenters. The molecule has 1 heterocycles. The highest BCUT2D eigenvalue weighted by Gasteiger charge is 2.16. The molecule has 2 N–H and O–H groups in total. The van der Waals surface area contributed by atoms with Gasteiger partial charge in [0.05, 0.1) is 11.4 Å². The van der Waals surface area contributed by atoms with Crippen LogP contribution in [0.25, 0.3) is 0 Å². The van der Waals surface area contributed by atoms with Gasteiger partial charge in [0.15, 0.2) is 0 Å². The number of benzene rings is 1. The molecule has 0 saturated heterocycles. The summed E-state index contributed by atoms with van der Waals surface area (Å²) in [5, 5.41) is 6.67. The molecule has 1 aliphatic rings. The zero-order valence-corrected chi connectivity index (χ0v) is 8.56. The van der Waals surface area contributed by atoms with Crippen molar-refractivity contribution in [1.29, 1.82) is 0 Å². The van der Waals surface area contributed by atoms with E-state index in [0.29, 0.717) is 11.4 Å². The molecule has 1 aromatic carbocycles. The van der Waals surface area contributed by atoms with E-state index in [1.54, 1.807) is 12.1 Å². The van der Waals surface area contributed by atoms with Gasteiger partial charge < -0.3 is 10.6 Å². The Balaban J connectivity index is 2.41. The highest BCUT2D eigenvalue weighted by Crippen LogP contribution is 2.28. The van der Waals surface area contributed by atoms with Crippen LogP contribution < -0.4 is 10.6 Å². The second kappa shape index (κ2) is 3.50. The minimum absolute atomic E-state index is 0.0195. The van der Waals surface area contributed by atoms with Gasteiger partial charge in [-0.1, -0.05) is 11.6 Å². The quantitative estimate of drug-likeness (QED) is 0.691. The third-order valence-corrected chi connectivity index (χ3v) is 2.38. The lowest BCUT2D eigenvalue weighted by Gasteiger charge is -2.11. The van der Waals surface area contributed by atoms with Crippen LogP contribution in [0, 0.1) is 0 Å². The standard InChI is InChI=1S/C10H11ClN2O/c1-6-4-10(14)13-9-5-7(11)2-3-8(9)12-6/h2-3,5-6,12H,4H2,1H3,(H,13,14). The van der Waals surface area contributed by atoms with Gasteiger partial charge in [-0.15, -0.1) is 0 Å². The number of halogens is 1. The number of hydrogen-bond donors (Lipinski definition) is 2. The Morgan fingerprint density at radius 3 is 3.00 bits per heavy atom. The molecule has 0 aliphatic carbocycles. The Hall–Kier alpha value is -1.22. The Kier molecular flexibility index (Phi) is 2.33. The molecule has 1 aliphatic heterocycles. The monoisotopic (exact) mass is 210 g/mol. The second-order valence-corrected chi connectivity index (χ2v) is 3.92. The van der Waals surface area contributed by atoms with Crippen molar-refractivity contribution in [3.8, 4) is 0 Å². The molecule has 0 bridgehead atoms. The molecule has 1 aromatic rings. The molecular formula is C10H11ClN2O. The molecule has 0 radical (unpaired) electrons. The number of fused-ring (bicyclic) bond motifs is 1. The van der Waals surface area contributed by atoms with Crippen LogP contribution in [0.3, 0.4) is 0 Å². The molecule has 1 unspecified atom stereocenters. The third-order valence-electron chi connectivity index (χ3n) is 2.15. The van der Waals surface area contributed by atoms with Gasteiger partial charge in [-0.05, 0) is 25.1 Å². The zero-order chi connectivity index (χ0) is 10.1. The number of amides is 1. The van der Waals surface area contributed by atoms with E-state index in [0.717, 1.165) is 11.4 Å². The molecule has 0 aromatic heterocycles. The van der Waals surface area contributed by atoms with Gasteiger partial charge >= 0.3 is 0 Å². The maximum absolute atomic E-state index is 11.4. The van der Waals surface area contributed by atoms with E-state index in [9.17, 15) is 4.79 Å². The lowest BCUT2D eigenvalue weighted by atomic mass is 10.2. The van der Waals surface area contributed by atoms with Crippen LogP contribution in [0.1, 0.15) is 13.3 Å². The summed E-state index contributed by atoms with van der Waals surface area (Å²) in [5.41, 5.74) is 1.68. The third kappa shape index (κ3) is 1.82. The summed E-state index contributed by atoms with van der Waals surface area (Å²) < 4.78 is 0. The largest absolute Gasteiger partial charge is 0.380 e. The molecule has 14 heavy (non-hydrogen) atoms. The van der Waals surface area contributed by atoms with Crippen molar-refractivity contribution in [2.75, 3.05) is 10.6 Å². The first kappa shape index (κ1) is 9.34. The Bertz CT molecular complexity index is 378. The summed E-state index contributed by atoms with van der Waals surface area (Å²) in [6.07, 6.45) is 0.478. The molecule has 4 heteroatoms. The van der Waals surface area contributed by atoms with Crippen LogP contribution in [0.5, 0.6) is 0 Å². The Labute approximate surface area is 87.4 Å². The van der Waals surface area contributed by atoms with E-state index >= 15 is 0 Å². The first-order valence-electron chi connectivity index (χ1n) is 4.51. The molecule has 2 rings (SSSR count).